The fourth-order valence-corrected chi connectivity index (χ4v) is 1.82. The SMILES string of the molecule is CCCCN(CC)C(=O)COc1ccc(/C(N)=N/O)cc1. The van der Waals surface area contributed by atoms with Crippen molar-refractivity contribution >= 4 is 11.7 Å². The van der Waals surface area contributed by atoms with Gasteiger partial charge in [-0.25, -0.2) is 0 Å². The molecule has 1 amide bonds. The third-order valence-electron chi connectivity index (χ3n) is 3.14. The third kappa shape index (κ3) is 5.33. The van der Waals surface area contributed by atoms with Crippen molar-refractivity contribution in [3.63, 3.8) is 0 Å². The molecule has 0 saturated heterocycles. The lowest BCUT2D eigenvalue weighted by atomic mass is 10.2. The van der Waals surface area contributed by atoms with Gasteiger partial charge in [-0.05, 0) is 37.6 Å². The van der Waals surface area contributed by atoms with Gasteiger partial charge >= 0.3 is 0 Å². The van der Waals surface area contributed by atoms with E-state index >= 15 is 0 Å². The predicted octanol–water partition coefficient (Wildman–Crippen LogP) is 1.81. The highest BCUT2D eigenvalue weighted by Gasteiger charge is 2.11. The van der Waals surface area contributed by atoms with Crippen molar-refractivity contribution in [2.75, 3.05) is 19.7 Å². The highest BCUT2D eigenvalue weighted by atomic mass is 16.5. The molecule has 0 aliphatic heterocycles. The van der Waals surface area contributed by atoms with Crippen LogP contribution in [0.15, 0.2) is 29.4 Å². The number of benzene rings is 1. The van der Waals surface area contributed by atoms with E-state index in [1.54, 1.807) is 29.2 Å². The molecule has 0 atom stereocenters. The van der Waals surface area contributed by atoms with Gasteiger partial charge in [-0.3, -0.25) is 4.79 Å². The second-order valence-electron chi connectivity index (χ2n) is 4.63. The van der Waals surface area contributed by atoms with E-state index in [1.165, 1.54) is 0 Å². The Hall–Kier alpha value is -2.24. The van der Waals surface area contributed by atoms with Gasteiger partial charge in [-0.15, -0.1) is 0 Å². The summed E-state index contributed by atoms with van der Waals surface area (Å²) in [6, 6.07) is 6.71. The van der Waals surface area contributed by atoms with Crippen molar-refractivity contribution in [2.45, 2.75) is 26.7 Å². The summed E-state index contributed by atoms with van der Waals surface area (Å²) in [4.78, 5) is 13.8. The summed E-state index contributed by atoms with van der Waals surface area (Å²) in [6.45, 7) is 5.51. The van der Waals surface area contributed by atoms with Crippen LogP contribution in [0.5, 0.6) is 5.75 Å². The molecular formula is C15H23N3O3. The van der Waals surface area contributed by atoms with Gasteiger partial charge in [0.1, 0.15) is 5.75 Å². The van der Waals surface area contributed by atoms with E-state index in [4.69, 9.17) is 15.7 Å². The number of carbonyl (C=O) groups is 1. The molecule has 0 unspecified atom stereocenters. The van der Waals surface area contributed by atoms with Crippen LogP contribution >= 0.6 is 0 Å². The van der Waals surface area contributed by atoms with E-state index in [-0.39, 0.29) is 18.3 Å². The standard InChI is InChI=1S/C15H23N3O3/c1-3-5-10-18(4-2)14(19)11-21-13-8-6-12(7-9-13)15(16)17-20/h6-9,20H,3-5,10-11H2,1-2H3,(H2,16,17). The molecule has 0 heterocycles. The smallest absolute Gasteiger partial charge is 0.260 e. The summed E-state index contributed by atoms with van der Waals surface area (Å²) in [7, 11) is 0. The molecule has 6 nitrogen and oxygen atoms in total. The van der Waals surface area contributed by atoms with Crippen LogP contribution in [0.2, 0.25) is 0 Å². The van der Waals surface area contributed by atoms with Crippen LogP contribution < -0.4 is 10.5 Å². The first kappa shape index (κ1) is 16.8. The molecule has 1 rings (SSSR count). The van der Waals surface area contributed by atoms with Crippen LogP contribution in [0.25, 0.3) is 0 Å². The summed E-state index contributed by atoms with van der Waals surface area (Å²) in [5, 5.41) is 11.5. The van der Waals surface area contributed by atoms with Crippen molar-refractivity contribution in [1.82, 2.24) is 4.90 Å². The molecule has 0 radical (unpaired) electrons. The lowest BCUT2D eigenvalue weighted by Gasteiger charge is -2.20. The summed E-state index contributed by atoms with van der Waals surface area (Å²) in [5.41, 5.74) is 6.06. The molecule has 0 aliphatic rings. The monoisotopic (exact) mass is 293 g/mol. The Kier molecular flexibility index (Phi) is 7.08. The maximum Gasteiger partial charge on any atom is 0.260 e. The number of hydrogen-bond donors (Lipinski definition) is 2. The second kappa shape index (κ2) is 8.84. The maximum absolute atomic E-state index is 12.0. The van der Waals surface area contributed by atoms with E-state index in [9.17, 15) is 4.79 Å². The summed E-state index contributed by atoms with van der Waals surface area (Å²) in [6.07, 6.45) is 2.05. The molecule has 3 N–H and O–H groups in total. The highest BCUT2D eigenvalue weighted by Crippen LogP contribution is 2.12. The van der Waals surface area contributed by atoms with E-state index in [1.807, 2.05) is 6.92 Å². The number of amidine groups is 1. The highest BCUT2D eigenvalue weighted by molar-refractivity contribution is 5.97. The quantitative estimate of drug-likeness (QED) is 0.331. The van der Waals surface area contributed by atoms with Crippen LogP contribution in [-0.4, -0.2) is 41.5 Å². The zero-order valence-electron chi connectivity index (χ0n) is 12.6. The number of hydrogen-bond acceptors (Lipinski definition) is 4. The number of amides is 1. The molecular weight excluding hydrogens is 270 g/mol. The van der Waals surface area contributed by atoms with Gasteiger partial charge in [0.25, 0.3) is 5.91 Å². The number of carbonyl (C=O) groups excluding carboxylic acids is 1. The molecule has 0 saturated carbocycles. The Morgan fingerprint density at radius 1 is 1.33 bits per heavy atom. The number of ether oxygens (including phenoxy) is 1. The van der Waals surface area contributed by atoms with Gasteiger partial charge in [0, 0.05) is 18.7 Å². The molecule has 1 aromatic rings. The topological polar surface area (TPSA) is 88.2 Å². The summed E-state index contributed by atoms with van der Waals surface area (Å²) in [5.74, 6) is 0.588. The van der Waals surface area contributed by atoms with Crippen molar-refractivity contribution in [1.29, 1.82) is 0 Å². The molecule has 0 bridgehead atoms. The number of unbranched alkanes of at least 4 members (excludes halogenated alkanes) is 1. The second-order valence-corrected chi connectivity index (χ2v) is 4.63. The largest absolute Gasteiger partial charge is 0.484 e. The minimum absolute atomic E-state index is 0.0144. The van der Waals surface area contributed by atoms with Gasteiger partial charge in [-0.2, -0.15) is 0 Å². The number of nitrogens with zero attached hydrogens (tertiary/aromatic N) is 2. The first-order valence-electron chi connectivity index (χ1n) is 7.10. The van der Waals surface area contributed by atoms with Crippen LogP contribution in [0.1, 0.15) is 32.3 Å². The Bertz CT molecular complexity index is 472. The fraction of sp³-hybridized carbons (Fsp3) is 0.467. The summed E-state index contributed by atoms with van der Waals surface area (Å²) < 4.78 is 5.46. The average Bonchev–Trinajstić information content (AvgIpc) is 2.53. The Morgan fingerprint density at radius 2 is 2.00 bits per heavy atom. The zero-order valence-corrected chi connectivity index (χ0v) is 12.6. The Morgan fingerprint density at radius 3 is 2.52 bits per heavy atom. The minimum Gasteiger partial charge on any atom is -0.484 e. The lowest BCUT2D eigenvalue weighted by molar-refractivity contribution is -0.133. The van der Waals surface area contributed by atoms with Crippen LogP contribution in [0.3, 0.4) is 0 Å². The fourth-order valence-electron chi connectivity index (χ4n) is 1.82. The molecule has 0 spiro atoms. The van der Waals surface area contributed by atoms with E-state index in [2.05, 4.69) is 12.1 Å². The molecule has 21 heavy (non-hydrogen) atoms. The minimum atomic E-state index is -0.0218. The van der Waals surface area contributed by atoms with E-state index in [0.29, 0.717) is 17.9 Å². The van der Waals surface area contributed by atoms with Crippen molar-refractivity contribution in [3.8, 4) is 5.75 Å². The molecule has 1 aromatic carbocycles. The van der Waals surface area contributed by atoms with Crippen molar-refractivity contribution in [2.24, 2.45) is 10.9 Å². The number of oxime groups is 1. The Labute approximate surface area is 125 Å². The first-order chi connectivity index (χ1) is 10.1. The molecule has 0 aliphatic carbocycles. The maximum atomic E-state index is 12.0. The normalized spacial score (nSPS) is 11.2. The van der Waals surface area contributed by atoms with Crippen LogP contribution in [-0.2, 0) is 4.79 Å². The van der Waals surface area contributed by atoms with E-state index in [0.717, 1.165) is 19.4 Å². The predicted molar refractivity (Wildman–Crippen MR) is 81.6 cm³/mol. The first-order valence-corrected chi connectivity index (χ1v) is 7.10. The molecule has 0 fully saturated rings. The van der Waals surface area contributed by atoms with Crippen LogP contribution in [0, 0.1) is 0 Å². The molecule has 6 heteroatoms. The third-order valence-corrected chi connectivity index (χ3v) is 3.14. The van der Waals surface area contributed by atoms with Gasteiger partial charge in [-0.1, -0.05) is 18.5 Å². The average molecular weight is 293 g/mol. The van der Waals surface area contributed by atoms with Gasteiger partial charge in [0.2, 0.25) is 0 Å². The van der Waals surface area contributed by atoms with E-state index < -0.39 is 0 Å². The van der Waals surface area contributed by atoms with Gasteiger partial charge in [0.15, 0.2) is 12.4 Å². The van der Waals surface area contributed by atoms with Crippen molar-refractivity contribution < 1.29 is 14.7 Å². The van der Waals surface area contributed by atoms with Gasteiger partial charge < -0.3 is 20.6 Å². The van der Waals surface area contributed by atoms with Crippen molar-refractivity contribution in [3.05, 3.63) is 29.8 Å². The number of rotatable bonds is 8. The molecule has 0 aromatic heterocycles. The number of likely N-dealkylation sites (N-methyl/N-ethyl adjacent to an activating group) is 1. The van der Waals surface area contributed by atoms with Crippen LogP contribution in [0.4, 0.5) is 0 Å². The van der Waals surface area contributed by atoms with Gasteiger partial charge in [0.05, 0.1) is 0 Å². The lowest BCUT2D eigenvalue weighted by Crippen LogP contribution is -2.35. The summed E-state index contributed by atoms with van der Waals surface area (Å²) >= 11 is 0. The number of nitrogens with two attached hydrogens (primary N) is 1. The molecule has 116 valence electrons. The Balaban J connectivity index is 2.52. The zero-order chi connectivity index (χ0) is 15.7.